The molecule has 1 aromatic carbocycles. The van der Waals surface area contributed by atoms with E-state index in [1.54, 1.807) is 22.7 Å². The van der Waals surface area contributed by atoms with E-state index >= 15 is 0 Å². The lowest BCUT2D eigenvalue weighted by Gasteiger charge is -2.07. The van der Waals surface area contributed by atoms with Crippen molar-refractivity contribution in [3.05, 3.63) is 40.7 Å². The summed E-state index contributed by atoms with van der Waals surface area (Å²) in [5.74, 6) is 1.56. The number of hydrogen-bond donors (Lipinski definition) is 1. The molecule has 3 aromatic heterocycles. The number of anilines is 1. The van der Waals surface area contributed by atoms with E-state index in [-0.39, 0.29) is 0 Å². The number of nitrogens with zero attached hydrogens (tertiary/aromatic N) is 2. The molecule has 4 aromatic rings. The van der Waals surface area contributed by atoms with E-state index in [4.69, 9.17) is 11.6 Å². The SMILES string of the molecule is CNc1nc(-c2cc3sccc3s2)nc2cc(Cl)ccc12. The van der Waals surface area contributed by atoms with Crippen LogP contribution in [0, 0.1) is 0 Å². The lowest BCUT2D eigenvalue weighted by molar-refractivity contribution is 1.22. The molecule has 0 unspecified atom stereocenters. The maximum atomic E-state index is 6.08. The molecule has 0 saturated carbocycles. The molecule has 104 valence electrons. The molecular formula is C15H10ClN3S2. The van der Waals surface area contributed by atoms with Gasteiger partial charge in [-0.3, -0.25) is 0 Å². The molecule has 0 spiro atoms. The predicted octanol–water partition coefficient (Wildman–Crippen LogP) is 5.27. The summed E-state index contributed by atoms with van der Waals surface area (Å²) in [5, 5.41) is 6.90. The molecule has 0 radical (unpaired) electrons. The summed E-state index contributed by atoms with van der Waals surface area (Å²) in [6.07, 6.45) is 0. The van der Waals surface area contributed by atoms with Gasteiger partial charge in [0.2, 0.25) is 0 Å². The average Bonchev–Trinajstić information content (AvgIpc) is 3.06. The topological polar surface area (TPSA) is 37.8 Å². The maximum Gasteiger partial charge on any atom is 0.172 e. The molecule has 6 heteroatoms. The van der Waals surface area contributed by atoms with Gasteiger partial charge in [0.1, 0.15) is 5.82 Å². The van der Waals surface area contributed by atoms with Gasteiger partial charge in [-0.2, -0.15) is 0 Å². The summed E-state index contributed by atoms with van der Waals surface area (Å²) in [4.78, 5) is 10.4. The first-order valence-electron chi connectivity index (χ1n) is 6.37. The van der Waals surface area contributed by atoms with E-state index in [2.05, 4.69) is 32.8 Å². The Bertz CT molecular complexity index is 930. The van der Waals surface area contributed by atoms with Crippen molar-refractivity contribution in [2.24, 2.45) is 0 Å². The zero-order valence-corrected chi connectivity index (χ0v) is 13.4. The summed E-state index contributed by atoms with van der Waals surface area (Å²) >= 11 is 9.53. The van der Waals surface area contributed by atoms with Crippen LogP contribution in [0.15, 0.2) is 35.7 Å². The van der Waals surface area contributed by atoms with Gasteiger partial charge in [0.05, 0.1) is 10.4 Å². The number of nitrogens with one attached hydrogen (secondary N) is 1. The first-order valence-corrected chi connectivity index (χ1v) is 8.44. The Hall–Kier alpha value is -1.69. The van der Waals surface area contributed by atoms with E-state index in [0.29, 0.717) is 5.02 Å². The summed E-state index contributed by atoms with van der Waals surface area (Å²) in [5.41, 5.74) is 0.855. The fourth-order valence-corrected chi connectivity index (χ4v) is 4.49. The van der Waals surface area contributed by atoms with Gasteiger partial charge >= 0.3 is 0 Å². The van der Waals surface area contributed by atoms with Crippen LogP contribution < -0.4 is 5.32 Å². The van der Waals surface area contributed by atoms with Crippen LogP contribution in [0.2, 0.25) is 5.02 Å². The summed E-state index contributed by atoms with van der Waals surface area (Å²) in [7, 11) is 1.87. The van der Waals surface area contributed by atoms with Crippen molar-refractivity contribution in [2.75, 3.05) is 12.4 Å². The normalized spacial score (nSPS) is 11.3. The second kappa shape index (κ2) is 4.94. The van der Waals surface area contributed by atoms with Gasteiger partial charge in [0.25, 0.3) is 0 Å². The Kier molecular flexibility index (Phi) is 3.06. The second-order valence-corrected chi connectivity index (χ2v) is 7.03. The lowest BCUT2D eigenvalue weighted by atomic mass is 10.2. The Labute approximate surface area is 134 Å². The van der Waals surface area contributed by atoms with Crippen LogP contribution in [0.5, 0.6) is 0 Å². The smallest absolute Gasteiger partial charge is 0.172 e. The largest absolute Gasteiger partial charge is 0.373 e. The van der Waals surface area contributed by atoms with Gasteiger partial charge in [0, 0.05) is 26.9 Å². The quantitative estimate of drug-likeness (QED) is 0.544. The Morgan fingerprint density at radius 1 is 1.10 bits per heavy atom. The highest BCUT2D eigenvalue weighted by molar-refractivity contribution is 7.28. The fourth-order valence-electron chi connectivity index (χ4n) is 2.28. The molecule has 0 atom stereocenters. The number of benzene rings is 1. The van der Waals surface area contributed by atoms with E-state index in [1.165, 1.54) is 9.40 Å². The number of halogens is 1. The van der Waals surface area contributed by atoms with Crippen molar-refractivity contribution in [2.45, 2.75) is 0 Å². The number of hydrogen-bond acceptors (Lipinski definition) is 5. The van der Waals surface area contributed by atoms with Gasteiger partial charge < -0.3 is 5.32 Å². The second-order valence-electron chi connectivity index (χ2n) is 4.57. The molecule has 1 N–H and O–H groups in total. The van der Waals surface area contributed by atoms with Crippen LogP contribution in [-0.4, -0.2) is 17.0 Å². The summed E-state index contributed by atoms with van der Waals surface area (Å²) in [6, 6.07) is 9.95. The molecule has 0 aliphatic carbocycles. The molecule has 3 nitrogen and oxygen atoms in total. The minimum Gasteiger partial charge on any atom is -0.373 e. The first-order chi connectivity index (χ1) is 10.2. The van der Waals surface area contributed by atoms with Crippen LogP contribution in [0.1, 0.15) is 0 Å². The molecule has 0 bridgehead atoms. The van der Waals surface area contributed by atoms with Crippen LogP contribution in [0.3, 0.4) is 0 Å². The number of thiophene rings is 2. The van der Waals surface area contributed by atoms with Crippen molar-refractivity contribution >= 4 is 60.4 Å². The zero-order valence-electron chi connectivity index (χ0n) is 11.1. The monoisotopic (exact) mass is 331 g/mol. The molecule has 3 heterocycles. The molecule has 0 aliphatic heterocycles. The maximum absolute atomic E-state index is 6.08. The van der Waals surface area contributed by atoms with E-state index in [1.807, 2.05) is 25.2 Å². The van der Waals surface area contributed by atoms with Crippen LogP contribution >= 0.6 is 34.3 Å². The first kappa shape index (κ1) is 13.0. The number of fused-ring (bicyclic) bond motifs is 2. The Morgan fingerprint density at radius 3 is 2.81 bits per heavy atom. The Balaban J connectivity index is 1.97. The number of aromatic nitrogens is 2. The molecule has 0 aliphatic rings. The van der Waals surface area contributed by atoms with Crippen molar-refractivity contribution in [1.29, 1.82) is 0 Å². The highest BCUT2D eigenvalue weighted by Crippen LogP contribution is 2.36. The van der Waals surface area contributed by atoms with Gasteiger partial charge in [0.15, 0.2) is 5.82 Å². The van der Waals surface area contributed by atoms with E-state index in [0.717, 1.165) is 27.4 Å². The van der Waals surface area contributed by atoms with Crippen molar-refractivity contribution in [1.82, 2.24) is 9.97 Å². The third kappa shape index (κ3) is 2.18. The average molecular weight is 332 g/mol. The van der Waals surface area contributed by atoms with Gasteiger partial charge in [-0.15, -0.1) is 22.7 Å². The predicted molar refractivity (Wildman–Crippen MR) is 92.8 cm³/mol. The molecule has 0 amide bonds. The highest BCUT2D eigenvalue weighted by atomic mass is 35.5. The van der Waals surface area contributed by atoms with E-state index in [9.17, 15) is 0 Å². The Morgan fingerprint density at radius 2 is 2.00 bits per heavy atom. The van der Waals surface area contributed by atoms with Crippen LogP contribution in [0.4, 0.5) is 5.82 Å². The molecule has 4 rings (SSSR count). The van der Waals surface area contributed by atoms with Crippen LogP contribution in [-0.2, 0) is 0 Å². The lowest BCUT2D eigenvalue weighted by Crippen LogP contribution is -1.97. The molecule has 0 saturated heterocycles. The van der Waals surface area contributed by atoms with Crippen molar-refractivity contribution in [3.63, 3.8) is 0 Å². The van der Waals surface area contributed by atoms with Gasteiger partial charge in [-0.1, -0.05) is 11.6 Å². The van der Waals surface area contributed by atoms with Gasteiger partial charge in [-0.05, 0) is 35.7 Å². The summed E-state index contributed by atoms with van der Waals surface area (Å²) < 4.78 is 2.55. The molecule has 21 heavy (non-hydrogen) atoms. The third-order valence-electron chi connectivity index (χ3n) is 3.26. The fraction of sp³-hybridized carbons (Fsp3) is 0.0667. The number of rotatable bonds is 2. The van der Waals surface area contributed by atoms with E-state index < -0.39 is 0 Å². The van der Waals surface area contributed by atoms with Crippen LogP contribution in [0.25, 0.3) is 31.0 Å². The van der Waals surface area contributed by atoms with Crippen molar-refractivity contribution in [3.8, 4) is 10.7 Å². The zero-order chi connectivity index (χ0) is 14.4. The molecular weight excluding hydrogens is 322 g/mol. The standard InChI is InChI=1S/C15H10ClN3S2/c1-17-14-9-3-2-8(16)6-10(9)18-15(19-14)13-7-12-11(21-13)4-5-20-12/h2-7H,1H3,(H,17,18,19). The highest BCUT2D eigenvalue weighted by Gasteiger charge is 2.12. The molecule has 0 fully saturated rings. The minimum atomic E-state index is 0.682. The van der Waals surface area contributed by atoms with Crippen molar-refractivity contribution < 1.29 is 0 Å². The third-order valence-corrected chi connectivity index (χ3v) is 5.58. The summed E-state index contributed by atoms with van der Waals surface area (Å²) in [6.45, 7) is 0. The minimum absolute atomic E-state index is 0.682. The van der Waals surface area contributed by atoms with Gasteiger partial charge in [-0.25, -0.2) is 9.97 Å².